The van der Waals surface area contributed by atoms with Crippen LogP contribution in [0.25, 0.3) is 11.0 Å². The molecule has 0 saturated carbocycles. The molecule has 0 radical (unpaired) electrons. The molecule has 0 saturated heterocycles. The minimum Gasteiger partial charge on any atom is -0.494 e. The van der Waals surface area contributed by atoms with Crippen LogP contribution in [0.1, 0.15) is 11.4 Å². The summed E-state index contributed by atoms with van der Waals surface area (Å²) in [6.45, 7) is 0. The number of methoxy groups -OCH3 is 1. The molecule has 0 spiro atoms. The molecule has 0 unspecified atom stereocenters. The van der Waals surface area contributed by atoms with E-state index < -0.39 is 0 Å². The van der Waals surface area contributed by atoms with Crippen LogP contribution in [0.15, 0.2) is 48.5 Å². The van der Waals surface area contributed by atoms with Crippen LogP contribution in [0, 0.1) is 0 Å². The summed E-state index contributed by atoms with van der Waals surface area (Å²) in [7, 11) is 1.67. The number of aromatic nitrogens is 2. The molecule has 0 aliphatic heterocycles. The monoisotopic (exact) mass is 238 g/mol. The highest BCUT2D eigenvalue weighted by Crippen LogP contribution is 2.23. The van der Waals surface area contributed by atoms with E-state index in [1.54, 1.807) is 7.11 Å². The van der Waals surface area contributed by atoms with Gasteiger partial charge in [-0.25, -0.2) is 4.98 Å². The van der Waals surface area contributed by atoms with Gasteiger partial charge in [0.15, 0.2) is 0 Å². The molecule has 3 nitrogen and oxygen atoms in total. The van der Waals surface area contributed by atoms with Crippen molar-refractivity contribution in [3.05, 3.63) is 59.9 Å². The fraction of sp³-hybridized carbons (Fsp3) is 0.133. The number of aromatic amines is 1. The predicted molar refractivity (Wildman–Crippen MR) is 71.9 cm³/mol. The van der Waals surface area contributed by atoms with Gasteiger partial charge in [-0.3, -0.25) is 0 Å². The number of hydrogen-bond donors (Lipinski definition) is 1. The Hall–Kier alpha value is -2.29. The molecule has 0 bridgehead atoms. The first-order chi connectivity index (χ1) is 8.86. The Morgan fingerprint density at radius 2 is 1.89 bits per heavy atom. The molecule has 2 aromatic carbocycles. The van der Waals surface area contributed by atoms with Crippen molar-refractivity contribution in [3.63, 3.8) is 0 Å². The average Bonchev–Trinajstić information content (AvgIpc) is 2.82. The lowest BCUT2D eigenvalue weighted by Gasteiger charge is -1.98. The lowest BCUT2D eigenvalue weighted by Crippen LogP contribution is -1.89. The zero-order valence-corrected chi connectivity index (χ0v) is 10.2. The highest BCUT2D eigenvalue weighted by Gasteiger charge is 2.07. The van der Waals surface area contributed by atoms with Crippen molar-refractivity contribution in [3.8, 4) is 5.75 Å². The first-order valence-corrected chi connectivity index (χ1v) is 5.92. The number of benzene rings is 2. The predicted octanol–water partition coefficient (Wildman–Crippen LogP) is 3.16. The summed E-state index contributed by atoms with van der Waals surface area (Å²) >= 11 is 0. The molecule has 1 heterocycles. The van der Waals surface area contributed by atoms with Crippen LogP contribution >= 0.6 is 0 Å². The number of nitrogens with zero attached hydrogens (tertiary/aromatic N) is 1. The van der Waals surface area contributed by atoms with Gasteiger partial charge >= 0.3 is 0 Å². The molecular formula is C15H14N2O. The SMILES string of the molecule is COc1cccc2[nH]c(Cc3ccccc3)nc12. The fourth-order valence-corrected chi connectivity index (χ4v) is 2.09. The smallest absolute Gasteiger partial charge is 0.146 e. The standard InChI is InChI=1S/C15H14N2O/c1-18-13-9-5-8-12-15(13)17-14(16-12)10-11-6-3-2-4-7-11/h2-9H,10H2,1H3,(H,16,17). The average molecular weight is 238 g/mol. The Labute approximate surface area is 105 Å². The second kappa shape index (κ2) is 4.53. The van der Waals surface area contributed by atoms with Gasteiger partial charge < -0.3 is 9.72 Å². The van der Waals surface area contributed by atoms with Crippen molar-refractivity contribution in [2.24, 2.45) is 0 Å². The maximum Gasteiger partial charge on any atom is 0.146 e. The Bertz CT molecular complexity index is 659. The molecule has 3 aromatic rings. The van der Waals surface area contributed by atoms with E-state index in [1.165, 1.54) is 5.56 Å². The van der Waals surface area contributed by atoms with Crippen LogP contribution in [0.5, 0.6) is 5.75 Å². The van der Waals surface area contributed by atoms with E-state index in [9.17, 15) is 0 Å². The largest absolute Gasteiger partial charge is 0.494 e. The Balaban J connectivity index is 1.99. The minimum atomic E-state index is 0.804. The minimum absolute atomic E-state index is 0.804. The number of nitrogens with one attached hydrogen (secondary N) is 1. The lowest BCUT2D eigenvalue weighted by molar-refractivity contribution is 0.419. The first-order valence-electron chi connectivity index (χ1n) is 5.92. The van der Waals surface area contributed by atoms with Gasteiger partial charge in [0.1, 0.15) is 17.1 Å². The van der Waals surface area contributed by atoms with Crippen molar-refractivity contribution in [1.82, 2.24) is 9.97 Å². The Morgan fingerprint density at radius 1 is 1.06 bits per heavy atom. The summed E-state index contributed by atoms with van der Waals surface area (Å²) in [4.78, 5) is 7.93. The van der Waals surface area contributed by atoms with Gasteiger partial charge in [-0.2, -0.15) is 0 Å². The maximum atomic E-state index is 5.31. The summed E-state index contributed by atoms with van der Waals surface area (Å²) < 4.78 is 5.31. The van der Waals surface area contributed by atoms with Crippen molar-refractivity contribution in [2.75, 3.05) is 7.11 Å². The van der Waals surface area contributed by atoms with Crippen molar-refractivity contribution >= 4 is 11.0 Å². The first kappa shape index (κ1) is 10.8. The molecule has 3 rings (SSSR count). The maximum absolute atomic E-state index is 5.31. The van der Waals surface area contributed by atoms with Gasteiger partial charge in [0.25, 0.3) is 0 Å². The summed E-state index contributed by atoms with van der Waals surface area (Å²) in [5, 5.41) is 0. The molecule has 0 aliphatic carbocycles. The van der Waals surface area contributed by atoms with Crippen LogP contribution in [0.3, 0.4) is 0 Å². The molecule has 18 heavy (non-hydrogen) atoms. The highest BCUT2D eigenvalue weighted by molar-refractivity contribution is 5.81. The molecule has 1 aromatic heterocycles. The van der Waals surface area contributed by atoms with Gasteiger partial charge in [-0.1, -0.05) is 36.4 Å². The van der Waals surface area contributed by atoms with E-state index in [1.807, 2.05) is 36.4 Å². The number of rotatable bonds is 3. The normalized spacial score (nSPS) is 10.7. The van der Waals surface area contributed by atoms with Gasteiger partial charge in [0.2, 0.25) is 0 Å². The van der Waals surface area contributed by atoms with Crippen LogP contribution < -0.4 is 4.74 Å². The summed E-state index contributed by atoms with van der Waals surface area (Å²) in [5.74, 6) is 1.77. The van der Waals surface area contributed by atoms with Gasteiger partial charge in [0.05, 0.1) is 12.6 Å². The number of hydrogen-bond acceptors (Lipinski definition) is 2. The quantitative estimate of drug-likeness (QED) is 0.761. The van der Waals surface area contributed by atoms with Crippen molar-refractivity contribution < 1.29 is 4.74 Å². The van der Waals surface area contributed by atoms with Crippen LogP contribution in [-0.2, 0) is 6.42 Å². The third-order valence-corrected chi connectivity index (χ3v) is 2.96. The second-order valence-electron chi connectivity index (χ2n) is 4.20. The summed E-state index contributed by atoms with van der Waals surface area (Å²) in [5.41, 5.74) is 3.15. The number of para-hydroxylation sites is 1. The topological polar surface area (TPSA) is 37.9 Å². The van der Waals surface area contributed by atoms with E-state index in [4.69, 9.17) is 4.74 Å². The highest BCUT2D eigenvalue weighted by atomic mass is 16.5. The van der Waals surface area contributed by atoms with Crippen molar-refractivity contribution in [2.45, 2.75) is 6.42 Å². The van der Waals surface area contributed by atoms with Gasteiger partial charge in [-0.15, -0.1) is 0 Å². The Morgan fingerprint density at radius 3 is 2.67 bits per heavy atom. The van der Waals surface area contributed by atoms with E-state index in [2.05, 4.69) is 22.1 Å². The van der Waals surface area contributed by atoms with Crippen molar-refractivity contribution in [1.29, 1.82) is 0 Å². The number of imidazole rings is 1. The van der Waals surface area contributed by atoms with E-state index in [0.717, 1.165) is 29.0 Å². The zero-order valence-electron chi connectivity index (χ0n) is 10.2. The van der Waals surface area contributed by atoms with E-state index in [-0.39, 0.29) is 0 Å². The van der Waals surface area contributed by atoms with E-state index >= 15 is 0 Å². The second-order valence-corrected chi connectivity index (χ2v) is 4.20. The van der Waals surface area contributed by atoms with Crippen LogP contribution in [0.4, 0.5) is 0 Å². The zero-order chi connectivity index (χ0) is 12.4. The fourth-order valence-electron chi connectivity index (χ4n) is 2.09. The Kier molecular flexibility index (Phi) is 2.73. The lowest BCUT2D eigenvalue weighted by atomic mass is 10.1. The molecule has 0 fully saturated rings. The summed E-state index contributed by atoms with van der Waals surface area (Å²) in [6, 6.07) is 16.2. The molecule has 3 heteroatoms. The number of H-pyrrole nitrogens is 1. The number of ether oxygens (including phenoxy) is 1. The molecule has 0 amide bonds. The van der Waals surface area contributed by atoms with Gasteiger partial charge in [-0.05, 0) is 17.7 Å². The third-order valence-electron chi connectivity index (χ3n) is 2.96. The molecule has 0 aliphatic rings. The molecule has 0 atom stereocenters. The third kappa shape index (κ3) is 1.95. The van der Waals surface area contributed by atoms with Crippen LogP contribution in [-0.4, -0.2) is 17.1 Å². The van der Waals surface area contributed by atoms with E-state index in [0.29, 0.717) is 0 Å². The van der Waals surface area contributed by atoms with Gasteiger partial charge in [0, 0.05) is 6.42 Å². The van der Waals surface area contributed by atoms with Crippen LogP contribution in [0.2, 0.25) is 0 Å². The molecular weight excluding hydrogens is 224 g/mol. The molecule has 1 N–H and O–H groups in total. The summed E-state index contributed by atoms with van der Waals surface area (Å²) in [6.07, 6.45) is 0.804. The number of fused-ring (bicyclic) bond motifs is 1. The molecule has 90 valence electrons.